The zero-order valence-corrected chi connectivity index (χ0v) is 24.2. The van der Waals surface area contributed by atoms with Gasteiger partial charge in [0, 0.05) is 13.1 Å². The number of carbonyl (C=O) groups is 2. The summed E-state index contributed by atoms with van der Waals surface area (Å²) in [5, 5.41) is 3.07. The van der Waals surface area contributed by atoms with Crippen molar-refractivity contribution in [3.05, 3.63) is 93.7 Å². The van der Waals surface area contributed by atoms with Gasteiger partial charge in [0.15, 0.2) is 0 Å². The second-order valence-corrected chi connectivity index (χ2v) is 11.6. The van der Waals surface area contributed by atoms with E-state index in [0.29, 0.717) is 12.1 Å². The van der Waals surface area contributed by atoms with Crippen molar-refractivity contribution in [3.63, 3.8) is 0 Å². The van der Waals surface area contributed by atoms with Crippen LogP contribution in [0.5, 0.6) is 0 Å². The summed E-state index contributed by atoms with van der Waals surface area (Å²) in [5.41, 5.74) is 1.57. The van der Waals surface area contributed by atoms with Gasteiger partial charge in [0.1, 0.15) is 18.4 Å². The van der Waals surface area contributed by atoms with E-state index in [2.05, 4.69) is 5.32 Å². The maximum atomic E-state index is 13.9. The summed E-state index contributed by atoms with van der Waals surface area (Å²) in [6, 6.07) is 15.2. The molecule has 2 amide bonds. The maximum Gasteiger partial charge on any atom is 0.264 e. The number of anilines is 1. The summed E-state index contributed by atoms with van der Waals surface area (Å²) in [5.74, 6) is -1.44. The van der Waals surface area contributed by atoms with E-state index in [0.717, 1.165) is 9.87 Å². The second-order valence-electron chi connectivity index (χ2n) is 8.89. The fraction of sp³-hybridized carbons (Fsp3) is 0.286. The van der Waals surface area contributed by atoms with E-state index in [4.69, 9.17) is 23.2 Å². The summed E-state index contributed by atoms with van der Waals surface area (Å²) in [7, 11) is -4.24. The molecule has 0 aliphatic carbocycles. The number of carbonyl (C=O) groups excluding carboxylic acids is 2. The van der Waals surface area contributed by atoms with E-state index in [1.54, 1.807) is 26.0 Å². The van der Waals surface area contributed by atoms with Gasteiger partial charge in [0.05, 0.1) is 20.6 Å². The normalized spacial score (nSPS) is 12.1. The summed E-state index contributed by atoms with van der Waals surface area (Å²) in [4.78, 5) is 28.1. The van der Waals surface area contributed by atoms with Crippen LogP contribution >= 0.6 is 23.2 Å². The number of hydrogen-bond donors (Lipinski definition) is 1. The molecule has 0 aromatic heterocycles. The van der Waals surface area contributed by atoms with Gasteiger partial charge in [-0.1, -0.05) is 60.0 Å². The zero-order valence-electron chi connectivity index (χ0n) is 21.8. The molecule has 3 aromatic carbocycles. The average molecular weight is 595 g/mol. The van der Waals surface area contributed by atoms with Crippen LogP contribution in [0.25, 0.3) is 0 Å². The topological polar surface area (TPSA) is 86.8 Å². The van der Waals surface area contributed by atoms with Gasteiger partial charge in [0.2, 0.25) is 11.8 Å². The highest BCUT2D eigenvalue weighted by Gasteiger charge is 2.33. The molecule has 0 aliphatic rings. The van der Waals surface area contributed by atoms with E-state index in [-0.39, 0.29) is 39.5 Å². The first-order valence-electron chi connectivity index (χ1n) is 12.3. The molecule has 0 fully saturated rings. The Hall–Kier alpha value is -3.14. The Morgan fingerprint density at radius 2 is 1.59 bits per heavy atom. The molecule has 0 saturated carbocycles. The van der Waals surface area contributed by atoms with Crippen molar-refractivity contribution in [2.24, 2.45) is 0 Å². The van der Waals surface area contributed by atoms with E-state index in [1.165, 1.54) is 59.5 Å². The molecule has 208 valence electrons. The quantitative estimate of drug-likeness (QED) is 0.314. The van der Waals surface area contributed by atoms with Gasteiger partial charge >= 0.3 is 0 Å². The third-order valence-corrected chi connectivity index (χ3v) is 8.61. The fourth-order valence-electron chi connectivity index (χ4n) is 4.00. The minimum Gasteiger partial charge on any atom is -0.355 e. The van der Waals surface area contributed by atoms with Crippen LogP contribution in [0, 0.1) is 12.7 Å². The molecular weight excluding hydrogens is 564 g/mol. The smallest absolute Gasteiger partial charge is 0.264 e. The standard InChI is InChI=1S/C28H30Cl2FN3O4S/c1-4-26(28(36)32-5-2)33(17-20-8-10-21(31)11-9-20)27(35)18-34(22-12-15-24(29)25(30)16-22)39(37,38)23-13-6-19(3)7-14-23/h6-16,26H,4-5,17-18H2,1-3H3,(H,32,36)/t26-/m0/s1. The van der Waals surface area contributed by atoms with Crippen LogP contribution in [0.4, 0.5) is 10.1 Å². The molecule has 3 rings (SSSR count). The maximum absolute atomic E-state index is 13.9. The largest absolute Gasteiger partial charge is 0.355 e. The van der Waals surface area contributed by atoms with Crippen LogP contribution in [0.1, 0.15) is 31.4 Å². The van der Waals surface area contributed by atoms with Crippen molar-refractivity contribution in [2.75, 3.05) is 17.4 Å². The van der Waals surface area contributed by atoms with Crippen molar-refractivity contribution in [3.8, 4) is 0 Å². The molecule has 0 unspecified atom stereocenters. The number of nitrogens with one attached hydrogen (secondary N) is 1. The lowest BCUT2D eigenvalue weighted by molar-refractivity contribution is -0.140. The Morgan fingerprint density at radius 1 is 0.949 bits per heavy atom. The van der Waals surface area contributed by atoms with Gasteiger partial charge < -0.3 is 10.2 Å². The minimum atomic E-state index is -4.24. The highest BCUT2D eigenvalue weighted by Crippen LogP contribution is 2.31. The SMILES string of the molecule is CCNC(=O)[C@H](CC)N(Cc1ccc(F)cc1)C(=O)CN(c1ccc(Cl)c(Cl)c1)S(=O)(=O)c1ccc(C)cc1. The van der Waals surface area contributed by atoms with Gasteiger partial charge in [-0.3, -0.25) is 13.9 Å². The molecule has 0 aliphatic heterocycles. The third kappa shape index (κ3) is 7.50. The highest BCUT2D eigenvalue weighted by atomic mass is 35.5. The number of halogens is 3. The van der Waals surface area contributed by atoms with Crippen LogP contribution in [0.15, 0.2) is 71.6 Å². The number of likely N-dealkylation sites (N-methyl/N-ethyl adjacent to an activating group) is 1. The van der Waals surface area contributed by atoms with Gasteiger partial charge in [-0.2, -0.15) is 0 Å². The summed E-state index contributed by atoms with van der Waals surface area (Å²) in [6.45, 7) is 5.04. The van der Waals surface area contributed by atoms with Gasteiger partial charge in [-0.25, -0.2) is 12.8 Å². The zero-order chi connectivity index (χ0) is 28.7. The molecule has 7 nitrogen and oxygen atoms in total. The average Bonchev–Trinajstić information content (AvgIpc) is 2.90. The lowest BCUT2D eigenvalue weighted by atomic mass is 10.1. The summed E-state index contributed by atoms with van der Waals surface area (Å²) < 4.78 is 42.1. The second kappa shape index (κ2) is 13.3. The Bertz CT molecular complexity index is 1420. The molecule has 0 heterocycles. The predicted octanol–water partition coefficient (Wildman–Crippen LogP) is 5.58. The van der Waals surface area contributed by atoms with Crippen molar-refractivity contribution in [2.45, 2.75) is 44.7 Å². The van der Waals surface area contributed by atoms with Crippen LogP contribution < -0.4 is 9.62 Å². The fourth-order valence-corrected chi connectivity index (χ4v) is 5.70. The van der Waals surface area contributed by atoms with Crippen molar-refractivity contribution in [1.82, 2.24) is 10.2 Å². The molecular formula is C28H30Cl2FN3O4S. The molecule has 0 radical (unpaired) electrons. The minimum absolute atomic E-state index is 0.0205. The molecule has 39 heavy (non-hydrogen) atoms. The monoisotopic (exact) mass is 593 g/mol. The molecule has 0 saturated heterocycles. The third-order valence-electron chi connectivity index (χ3n) is 6.08. The van der Waals surface area contributed by atoms with Crippen molar-refractivity contribution < 1.29 is 22.4 Å². The predicted molar refractivity (Wildman–Crippen MR) is 152 cm³/mol. The lowest BCUT2D eigenvalue weighted by Crippen LogP contribution is -2.52. The molecule has 0 bridgehead atoms. The number of amides is 2. The number of aryl methyl sites for hydroxylation is 1. The first-order valence-corrected chi connectivity index (χ1v) is 14.5. The van der Waals surface area contributed by atoms with E-state index >= 15 is 0 Å². The van der Waals surface area contributed by atoms with E-state index in [1.807, 2.05) is 6.92 Å². The number of nitrogens with zero attached hydrogens (tertiary/aromatic N) is 2. The molecule has 11 heteroatoms. The summed E-state index contributed by atoms with van der Waals surface area (Å²) >= 11 is 12.3. The van der Waals surface area contributed by atoms with E-state index < -0.39 is 34.3 Å². The highest BCUT2D eigenvalue weighted by molar-refractivity contribution is 7.92. The number of hydrogen-bond acceptors (Lipinski definition) is 4. The first-order chi connectivity index (χ1) is 18.5. The van der Waals surface area contributed by atoms with Crippen LogP contribution in [0.2, 0.25) is 10.0 Å². The molecule has 1 atom stereocenters. The van der Waals surface area contributed by atoms with Gasteiger partial charge in [0.25, 0.3) is 10.0 Å². The summed E-state index contributed by atoms with van der Waals surface area (Å²) in [6.07, 6.45) is 0.274. The van der Waals surface area contributed by atoms with E-state index in [9.17, 15) is 22.4 Å². The number of rotatable bonds is 11. The lowest BCUT2D eigenvalue weighted by Gasteiger charge is -2.33. The molecule has 3 aromatic rings. The van der Waals surface area contributed by atoms with Gasteiger partial charge in [-0.15, -0.1) is 0 Å². The van der Waals surface area contributed by atoms with Gasteiger partial charge in [-0.05, 0) is 68.3 Å². The molecule has 0 spiro atoms. The van der Waals surface area contributed by atoms with Crippen LogP contribution in [0.3, 0.4) is 0 Å². The Balaban J connectivity index is 2.08. The number of sulfonamides is 1. The van der Waals surface area contributed by atoms with Crippen LogP contribution in [-0.2, 0) is 26.2 Å². The number of benzene rings is 3. The first kappa shape index (κ1) is 30.4. The van der Waals surface area contributed by atoms with Crippen molar-refractivity contribution >= 4 is 50.7 Å². The molecule has 1 N–H and O–H groups in total. The Labute approximate surface area is 238 Å². The van der Waals surface area contributed by atoms with Crippen LogP contribution in [-0.4, -0.2) is 44.3 Å². The van der Waals surface area contributed by atoms with Crippen molar-refractivity contribution in [1.29, 1.82) is 0 Å². The Kier molecular flexibility index (Phi) is 10.4. The Morgan fingerprint density at radius 3 is 2.15 bits per heavy atom.